The second kappa shape index (κ2) is 12.4. The molecule has 0 spiro atoms. The van der Waals surface area contributed by atoms with Crippen molar-refractivity contribution in [3.05, 3.63) is 59.7 Å². The van der Waals surface area contributed by atoms with Crippen molar-refractivity contribution in [2.75, 3.05) is 14.2 Å². The van der Waals surface area contributed by atoms with Gasteiger partial charge in [-0.15, -0.1) is 0 Å². The van der Waals surface area contributed by atoms with Crippen LogP contribution in [0.1, 0.15) is 56.1 Å². The Kier molecular flexibility index (Phi) is 9.55. The van der Waals surface area contributed by atoms with Crippen LogP contribution in [0.5, 0.6) is 11.5 Å². The second-order valence-corrected chi connectivity index (χ2v) is 6.82. The fraction of sp³-hybridized carbons (Fsp3) is 0.391. The lowest BCUT2D eigenvalue weighted by molar-refractivity contribution is 0.317. The first-order valence-corrected chi connectivity index (χ1v) is 9.92. The average molecular weight is 399 g/mol. The lowest BCUT2D eigenvalue weighted by Crippen LogP contribution is -2.02. The Bertz CT molecular complexity index is 716. The predicted molar refractivity (Wildman–Crippen MR) is 115 cm³/mol. The van der Waals surface area contributed by atoms with Gasteiger partial charge in [0.15, 0.2) is 0 Å². The minimum Gasteiger partial charge on any atom is -0.497 e. The van der Waals surface area contributed by atoms with E-state index >= 15 is 0 Å². The third-order valence-corrected chi connectivity index (χ3v) is 4.92. The Hall–Kier alpha value is -3.02. The number of hydrogen-bond donors (Lipinski definition) is 2. The summed E-state index contributed by atoms with van der Waals surface area (Å²) in [5.41, 5.74) is 3.22. The van der Waals surface area contributed by atoms with Gasteiger partial charge in [0.05, 0.1) is 25.6 Å². The van der Waals surface area contributed by atoms with Crippen LogP contribution in [0.2, 0.25) is 0 Å². The number of methoxy groups -OCH3 is 2. The molecule has 2 aromatic carbocycles. The largest absolute Gasteiger partial charge is 0.497 e. The molecule has 0 aliphatic rings. The highest BCUT2D eigenvalue weighted by molar-refractivity contribution is 6.00. The summed E-state index contributed by atoms with van der Waals surface area (Å²) in [5.74, 6) is 1.57. The summed E-state index contributed by atoms with van der Waals surface area (Å²) in [7, 11) is 3.25. The highest BCUT2D eigenvalue weighted by atomic mass is 16.5. The van der Waals surface area contributed by atoms with Crippen molar-refractivity contribution in [1.82, 2.24) is 0 Å². The van der Waals surface area contributed by atoms with Crippen LogP contribution in [0.3, 0.4) is 0 Å². The van der Waals surface area contributed by atoms with Crippen LogP contribution in [-0.2, 0) is 0 Å². The lowest BCUT2D eigenvalue weighted by atomic mass is 10.0. The van der Waals surface area contributed by atoms with Crippen molar-refractivity contribution < 1.29 is 19.9 Å². The van der Waals surface area contributed by atoms with Crippen LogP contribution in [0.25, 0.3) is 0 Å². The molecular weight excluding hydrogens is 368 g/mol. The van der Waals surface area contributed by atoms with Gasteiger partial charge in [-0.3, -0.25) is 0 Å². The summed E-state index contributed by atoms with van der Waals surface area (Å²) in [6.07, 6.45) is 6.60. The number of benzene rings is 2. The van der Waals surface area contributed by atoms with E-state index in [-0.39, 0.29) is 0 Å². The fourth-order valence-electron chi connectivity index (χ4n) is 3.19. The average Bonchev–Trinajstić information content (AvgIpc) is 2.78. The van der Waals surface area contributed by atoms with Gasteiger partial charge in [-0.05, 0) is 85.3 Å². The van der Waals surface area contributed by atoms with Crippen molar-refractivity contribution >= 4 is 11.4 Å². The van der Waals surface area contributed by atoms with Crippen molar-refractivity contribution in [2.24, 2.45) is 10.3 Å². The Labute approximate surface area is 172 Å². The minimum atomic E-state index is 0.696. The summed E-state index contributed by atoms with van der Waals surface area (Å²) < 4.78 is 10.3. The Morgan fingerprint density at radius 1 is 0.621 bits per heavy atom. The van der Waals surface area contributed by atoms with E-state index in [1.54, 1.807) is 14.2 Å². The number of oxime groups is 2. The third-order valence-electron chi connectivity index (χ3n) is 4.92. The van der Waals surface area contributed by atoms with Gasteiger partial charge in [0.25, 0.3) is 0 Å². The normalized spacial score (nSPS) is 12.1. The third kappa shape index (κ3) is 7.14. The predicted octanol–water partition coefficient (Wildman–Crippen LogP) is 5.49. The molecule has 0 saturated carbocycles. The smallest absolute Gasteiger partial charge is 0.118 e. The first-order valence-electron chi connectivity index (χ1n) is 9.92. The zero-order valence-corrected chi connectivity index (χ0v) is 17.2. The molecule has 2 rings (SSSR count). The van der Waals surface area contributed by atoms with Gasteiger partial charge in [0.2, 0.25) is 0 Å². The number of hydrogen-bond acceptors (Lipinski definition) is 6. The number of nitrogens with zero attached hydrogens (tertiary/aromatic N) is 2. The maximum absolute atomic E-state index is 9.29. The Morgan fingerprint density at radius 3 is 1.28 bits per heavy atom. The van der Waals surface area contributed by atoms with E-state index in [9.17, 15) is 10.4 Å². The van der Waals surface area contributed by atoms with Gasteiger partial charge in [0, 0.05) is 0 Å². The van der Waals surface area contributed by atoms with Crippen LogP contribution in [0.15, 0.2) is 58.8 Å². The molecule has 2 aromatic rings. The van der Waals surface area contributed by atoms with Gasteiger partial charge in [0.1, 0.15) is 11.5 Å². The van der Waals surface area contributed by atoms with E-state index in [2.05, 4.69) is 10.3 Å². The molecule has 0 amide bonds. The molecule has 0 radical (unpaired) electrons. The SMILES string of the molecule is COc1ccc(/C(CCCCCCC/C(=N/O)c2ccc(OC)cc2)=N\O)cc1. The molecule has 6 heteroatoms. The number of unbranched alkanes of at least 4 members (excludes halogenated alkanes) is 4. The molecule has 0 fully saturated rings. The molecule has 0 aromatic heterocycles. The molecule has 0 aliphatic carbocycles. The minimum absolute atomic E-state index is 0.696. The van der Waals surface area contributed by atoms with Crippen molar-refractivity contribution in [3.63, 3.8) is 0 Å². The molecule has 0 heterocycles. The van der Waals surface area contributed by atoms with E-state index < -0.39 is 0 Å². The highest BCUT2D eigenvalue weighted by Crippen LogP contribution is 2.17. The standard InChI is InChI=1S/C23H30N2O4/c1-28-20-14-10-18(11-15-20)22(24-26)8-6-4-3-5-7-9-23(25-27)19-12-16-21(29-2)17-13-19/h10-17,26-27H,3-9H2,1-2H3/b24-22-,25-23-. The molecule has 0 aliphatic heterocycles. The topological polar surface area (TPSA) is 83.6 Å². The van der Waals surface area contributed by atoms with Gasteiger partial charge in [-0.25, -0.2) is 0 Å². The van der Waals surface area contributed by atoms with Crippen LogP contribution in [0.4, 0.5) is 0 Å². The van der Waals surface area contributed by atoms with Crippen LogP contribution >= 0.6 is 0 Å². The zero-order valence-electron chi connectivity index (χ0n) is 17.2. The summed E-state index contributed by atoms with van der Waals surface area (Å²) in [5, 5.41) is 25.5. The fourth-order valence-corrected chi connectivity index (χ4v) is 3.19. The zero-order chi connectivity index (χ0) is 20.9. The molecule has 0 saturated heterocycles. The Balaban J connectivity index is 1.66. The maximum atomic E-state index is 9.29. The summed E-state index contributed by atoms with van der Waals surface area (Å²) >= 11 is 0. The molecular formula is C23H30N2O4. The van der Waals surface area contributed by atoms with Crippen molar-refractivity contribution in [3.8, 4) is 11.5 Å². The van der Waals surface area contributed by atoms with Crippen molar-refractivity contribution in [1.29, 1.82) is 0 Å². The lowest BCUT2D eigenvalue weighted by Gasteiger charge is -2.07. The van der Waals surface area contributed by atoms with E-state index in [0.717, 1.165) is 67.6 Å². The molecule has 6 nitrogen and oxygen atoms in total. The highest BCUT2D eigenvalue weighted by Gasteiger charge is 2.07. The van der Waals surface area contributed by atoms with Gasteiger partial charge in [-0.1, -0.05) is 29.6 Å². The van der Waals surface area contributed by atoms with Crippen LogP contribution < -0.4 is 9.47 Å². The van der Waals surface area contributed by atoms with Gasteiger partial charge < -0.3 is 19.9 Å². The number of rotatable bonds is 12. The maximum Gasteiger partial charge on any atom is 0.118 e. The molecule has 2 N–H and O–H groups in total. The summed E-state index contributed by atoms with van der Waals surface area (Å²) in [6, 6.07) is 15.1. The first-order chi connectivity index (χ1) is 14.2. The van der Waals surface area contributed by atoms with Crippen LogP contribution in [0, 0.1) is 0 Å². The van der Waals surface area contributed by atoms with Crippen LogP contribution in [-0.4, -0.2) is 36.1 Å². The molecule has 29 heavy (non-hydrogen) atoms. The molecule has 0 atom stereocenters. The number of ether oxygens (including phenoxy) is 2. The second-order valence-electron chi connectivity index (χ2n) is 6.82. The van der Waals surface area contributed by atoms with Gasteiger partial charge in [-0.2, -0.15) is 0 Å². The summed E-state index contributed by atoms with van der Waals surface area (Å²) in [6.45, 7) is 0. The van der Waals surface area contributed by atoms with E-state index in [1.165, 1.54) is 0 Å². The molecule has 156 valence electrons. The quantitative estimate of drug-likeness (QED) is 0.214. The monoisotopic (exact) mass is 398 g/mol. The molecule has 0 bridgehead atoms. The van der Waals surface area contributed by atoms with Crippen molar-refractivity contribution in [2.45, 2.75) is 44.9 Å². The Morgan fingerprint density at radius 2 is 0.966 bits per heavy atom. The molecule has 0 unspecified atom stereocenters. The van der Waals surface area contributed by atoms with Gasteiger partial charge >= 0.3 is 0 Å². The summed E-state index contributed by atoms with van der Waals surface area (Å²) in [4.78, 5) is 0. The van der Waals surface area contributed by atoms with E-state index in [1.807, 2.05) is 48.5 Å². The van der Waals surface area contributed by atoms with E-state index in [0.29, 0.717) is 11.4 Å². The van der Waals surface area contributed by atoms with E-state index in [4.69, 9.17) is 9.47 Å². The first kappa shape index (κ1) is 22.3.